The second-order valence-electron chi connectivity index (χ2n) is 13.1. The molecular weight excluding hydrogens is 754 g/mol. The van der Waals surface area contributed by atoms with E-state index < -0.39 is 81.0 Å². The molecule has 2 N–H and O–H groups in total. The van der Waals surface area contributed by atoms with Crippen molar-refractivity contribution in [2.45, 2.75) is 43.4 Å². The number of alkyl halides is 5. The summed E-state index contributed by atoms with van der Waals surface area (Å²) < 4.78 is 130. The Morgan fingerprint density at radius 1 is 1.09 bits per heavy atom. The first kappa shape index (κ1) is 34.9. The number of benzene rings is 2. The van der Waals surface area contributed by atoms with Crippen LogP contribution in [-0.4, -0.2) is 50.1 Å². The van der Waals surface area contributed by atoms with Gasteiger partial charge in [-0.1, -0.05) is 12.1 Å². The number of halogens is 7. The number of pyridine rings is 1. The fourth-order valence-electron chi connectivity index (χ4n) is 7.25. The molecule has 8 rings (SSSR count). The van der Waals surface area contributed by atoms with E-state index in [1.54, 1.807) is 31.3 Å². The van der Waals surface area contributed by atoms with Gasteiger partial charge in [0.15, 0.2) is 17.2 Å². The number of nitrogens with one attached hydrogen (secondary N) is 2. The van der Waals surface area contributed by atoms with Crippen LogP contribution in [0.1, 0.15) is 46.6 Å². The molecule has 1 amide bonds. The lowest BCUT2D eigenvalue weighted by Crippen LogP contribution is -2.35. The summed E-state index contributed by atoms with van der Waals surface area (Å²) in [6, 6.07) is 8.06. The summed E-state index contributed by atoms with van der Waals surface area (Å²) in [4.78, 5) is 22.8. The van der Waals surface area contributed by atoms with E-state index in [0.717, 1.165) is 18.4 Å². The van der Waals surface area contributed by atoms with Crippen molar-refractivity contribution in [2.75, 3.05) is 11.0 Å². The van der Waals surface area contributed by atoms with Gasteiger partial charge in [-0.3, -0.25) is 18.9 Å². The number of aromatic nitrogens is 6. The highest BCUT2D eigenvalue weighted by Gasteiger charge is 2.68. The molecule has 11 nitrogen and oxygen atoms in total. The Bertz CT molecular complexity index is 2580. The maximum Gasteiger partial charge on any atom is 0.435 e. The number of rotatable bonds is 9. The Labute approximate surface area is 298 Å². The molecule has 6 aromatic rings. The van der Waals surface area contributed by atoms with Crippen LogP contribution in [0.2, 0.25) is 0 Å². The van der Waals surface area contributed by atoms with E-state index in [0.29, 0.717) is 37.5 Å². The van der Waals surface area contributed by atoms with E-state index in [1.165, 1.54) is 21.5 Å². The molecule has 0 spiro atoms. The summed E-state index contributed by atoms with van der Waals surface area (Å²) in [6.07, 6.45) is -4.53. The molecule has 53 heavy (non-hydrogen) atoms. The highest BCUT2D eigenvalue weighted by Crippen LogP contribution is 2.68. The molecular formula is C33H25F7N8O3S2. The number of hydrogen-bond acceptors (Lipinski definition) is 8. The summed E-state index contributed by atoms with van der Waals surface area (Å²) in [5.41, 5.74) is 0.0880. The van der Waals surface area contributed by atoms with Gasteiger partial charge >= 0.3 is 6.18 Å². The number of aryl methyl sites for hydroxylation is 1. The predicted octanol–water partition coefficient (Wildman–Crippen LogP) is 6.42. The van der Waals surface area contributed by atoms with Crippen LogP contribution in [0.3, 0.4) is 0 Å². The van der Waals surface area contributed by atoms with Crippen LogP contribution in [-0.2, 0) is 46.9 Å². The van der Waals surface area contributed by atoms with Gasteiger partial charge < -0.3 is 5.32 Å². The molecule has 0 aliphatic heterocycles. The lowest BCUT2D eigenvalue weighted by Gasteiger charge is -2.23. The molecule has 0 radical (unpaired) electrons. The molecule has 0 bridgehead atoms. The minimum atomic E-state index is -5.05. The number of para-hydroxylation sites is 1. The van der Waals surface area contributed by atoms with Crippen molar-refractivity contribution in [1.29, 1.82) is 0 Å². The van der Waals surface area contributed by atoms with Gasteiger partial charge in [0.2, 0.25) is 15.9 Å². The number of sulfonamides is 1. The standard InChI is InChI=1S/C33H25F7N8O3S2/c1-47-27-17(4-3-5-18(27)30(45-47)46-53(2,50)51)19-11-23-31(41-13-52-23)43-26(19)22(8-14-6-15(34)9-16(35)7-14)42-24(49)12-48-29-25(28(44-48)33(38,39)40)20-10-21(20)32(29,36)37/h3-7,9,11,13,20-22H,8,10,12H2,1-2H3,(H,42,49)(H,45,46)/t20-,21?,22?/m0/s1. The molecule has 2 unspecified atom stereocenters. The molecule has 4 heterocycles. The van der Waals surface area contributed by atoms with Crippen molar-refractivity contribution in [1.82, 2.24) is 34.8 Å². The van der Waals surface area contributed by atoms with Crippen molar-refractivity contribution in [3.8, 4) is 11.1 Å². The zero-order valence-electron chi connectivity index (χ0n) is 27.3. The Morgan fingerprint density at radius 2 is 1.83 bits per heavy atom. The highest BCUT2D eigenvalue weighted by molar-refractivity contribution is 7.92. The minimum Gasteiger partial charge on any atom is -0.346 e. The second-order valence-corrected chi connectivity index (χ2v) is 15.7. The average molecular weight is 779 g/mol. The lowest BCUT2D eigenvalue weighted by molar-refractivity contribution is -0.142. The number of amides is 1. The molecule has 1 fully saturated rings. The summed E-state index contributed by atoms with van der Waals surface area (Å²) >= 11 is 1.23. The lowest BCUT2D eigenvalue weighted by atomic mass is 9.94. The van der Waals surface area contributed by atoms with Crippen LogP contribution in [0.4, 0.5) is 36.6 Å². The van der Waals surface area contributed by atoms with Crippen molar-refractivity contribution in [2.24, 2.45) is 13.0 Å². The first-order chi connectivity index (χ1) is 24.9. The van der Waals surface area contributed by atoms with Crippen LogP contribution >= 0.6 is 11.3 Å². The van der Waals surface area contributed by atoms with Gasteiger partial charge in [0, 0.05) is 41.1 Å². The van der Waals surface area contributed by atoms with Crippen LogP contribution in [0.25, 0.3) is 32.4 Å². The normalized spacial score (nSPS) is 18.3. The quantitative estimate of drug-likeness (QED) is 0.162. The zero-order valence-corrected chi connectivity index (χ0v) is 29.0. The maximum absolute atomic E-state index is 15.3. The Kier molecular flexibility index (Phi) is 7.88. The zero-order chi connectivity index (χ0) is 37.8. The summed E-state index contributed by atoms with van der Waals surface area (Å²) in [7, 11) is -2.17. The van der Waals surface area contributed by atoms with E-state index in [9.17, 15) is 35.2 Å². The van der Waals surface area contributed by atoms with Crippen molar-refractivity contribution in [3.05, 3.63) is 87.8 Å². The number of hydrogen-bond donors (Lipinski definition) is 2. The van der Waals surface area contributed by atoms with E-state index in [1.807, 2.05) is 0 Å². The van der Waals surface area contributed by atoms with E-state index in [2.05, 4.69) is 25.2 Å². The number of nitrogens with zero attached hydrogens (tertiary/aromatic N) is 6. The van der Waals surface area contributed by atoms with Crippen molar-refractivity contribution < 1.29 is 43.9 Å². The van der Waals surface area contributed by atoms with Gasteiger partial charge in [-0.05, 0) is 48.6 Å². The predicted molar refractivity (Wildman–Crippen MR) is 179 cm³/mol. The fourth-order valence-corrected chi connectivity index (χ4v) is 8.41. The largest absolute Gasteiger partial charge is 0.435 e. The van der Waals surface area contributed by atoms with E-state index in [4.69, 9.17) is 4.98 Å². The van der Waals surface area contributed by atoms with Crippen LogP contribution in [0.15, 0.2) is 48.0 Å². The first-order valence-electron chi connectivity index (χ1n) is 15.9. The second kappa shape index (κ2) is 12.0. The molecule has 4 aromatic heterocycles. The Balaban J connectivity index is 1.25. The molecule has 0 saturated heterocycles. The maximum atomic E-state index is 15.3. The molecule has 2 aliphatic carbocycles. The number of carbonyl (C=O) groups excluding carboxylic acids is 1. The van der Waals surface area contributed by atoms with Gasteiger partial charge in [0.1, 0.15) is 23.9 Å². The van der Waals surface area contributed by atoms with Crippen molar-refractivity contribution >= 4 is 54.3 Å². The van der Waals surface area contributed by atoms with Gasteiger partial charge in [0.25, 0.3) is 5.92 Å². The molecule has 2 aliphatic rings. The van der Waals surface area contributed by atoms with Crippen LogP contribution in [0, 0.1) is 17.6 Å². The third-order valence-electron chi connectivity index (χ3n) is 9.31. The molecule has 1 saturated carbocycles. The van der Waals surface area contributed by atoms with Gasteiger partial charge in [0.05, 0.1) is 33.7 Å². The van der Waals surface area contributed by atoms with E-state index >= 15 is 8.78 Å². The average Bonchev–Trinajstić information content (AvgIpc) is 3.28. The van der Waals surface area contributed by atoms with Crippen molar-refractivity contribution in [3.63, 3.8) is 0 Å². The number of fused-ring (bicyclic) bond motifs is 5. The topological polar surface area (TPSA) is 137 Å². The summed E-state index contributed by atoms with van der Waals surface area (Å²) in [6.45, 7) is -1.03. The molecule has 2 aromatic carbocycles. The van der Waals surface area contributed by atoms with E-state index in [-0.39, 0.29) is 35.6 Å². The SMILES string of the molecule is Cn1nc(NS(C)(=O)=O)c2cccc(-c3cc4scnc4nc3C(Cc3cc(F)cc(F)c3)NC(=O)Cn3nc(C(F)(F)F)c4c3C(F)(F)C3C[C@H]43)c21. The van der Waals surface area contributed by atoms with Crippen LogP contribution in [0.5, 0.6) is 0 Å². The minimum absolute atomic E-state index is 0.0275. The molecule has 3 atom stereocenters. The third kappa shape index (κ3) is 6.16. The first-order valence-corrected chi connectivity index (χ1v) is 18.6. The number of carbonyl (C=O) groups is 1. The number of anilines is 1. The highest BCUT2D eigenvalue weighted by atomic mass is 32.2. The monoisotopic (exact) mass is 778 g/mol. The Hall–Kier alpha value is -5.11. The van der Waals surface area contributed by atoms with Gasteiger partial charge in [-0.15, -0.1) is 11.3 Å². The molecule has 20 heteroatoms. The molecule has 276 valence electrons. The van der Waals surface area contributed by atoms with Gasteiger partial charge in [-0.25, -0.2) is 27.2 Å². The smallest absolute Gasteiger partial charge is 0.346 e. The number of thiazole rings is 1. The fraction of sp³-hybridized carbons (Fsp3) is 0.303. The summed E-state index contributed by atoms with van der Waals surface area (Å²) in [5.74, 6) is -8.85. The van der Waals surface area contributed by atoms with Crippen LogP contribution < -0.4 is 10.0 Å². The Morgan fingerprint density at radius 3 is 2.53 bits per heavy atom. The van der Waals surface area contributed by atoms with Gasteiger partial charge in [-0.2, -0.15) is 32.1 Å². The third-order valence-corrected chi connectivity index (χ3v) is 10.6. The summed E-state index contributed by atoms with van der Waals surface area (Å²) in [5, 5.41) is 10.8.